The summed E-state index contributed by atoms with van der Waals surface area (Å²) >= 11 is 0. The summed E-state index contributed by atoms with van der Waals surface area (Å²) in [6, 6.07) is 6.38. The SMILES string of the molecule is C=c1ccc2c(c1)C=CC(C(C)C)C=2. The Hall–Kier alpha value is -1.30. The molecule has 14 heavy (non-hydrogen) atoms. The molecule has 0 nitrogen and oxygen atoms in total. The number of allylic oxidation sites excluding steroid dienone is 1. The van der Waals surface area contributed by atoms with E-state index in [0.717, 1.165) is 5.22 Å². The van der Waals surface area contributed by atoms with Crippen molar-refractivity contribution in [3.8, 4) is 0 Å². The number of benzene rings is 1. The van der Waals surface area contributed by atoms with Crippen LogP contribution < -0.4 is 10.4 Å². The molecule has 0 amide bonds. The molecule has 0 spiro atoms. The van der Waals surface area contributed by atoms with Crippen molar-refractivity contribution in [1.29, 1.82) is 0 Å². The Morgan fingerprint density at radius 3 is 2.79 bits per heavy atom. The van der Waals surface area contributed by atoms with E-state index in [1.165, 1.54) is 10.8 Å². The highest BCUT2D eigenvalue weighted by molar-refractivity contribution is 5.58. The number of rotatable bonds is 1. The van der Waals surface area contributed by atoms with Crippen LogP contribution in [0.4, 0.5) is 0 Å². The summed E-state index contributed by atoms with van der Waals surface area (Å²) < 4.78 is 0. The van der Waals surface area contributed by atoms with Gasteiger partial charge in [-0.25, -0.2) is 0 Å². The van der Waals surface area contributed by atoms with Crippen molar-refractivity contribution in [1.82, 2.24) is 0 Å². The number of hydrogen-bond acceptors (Lipinski definition) is 0. The normalized spacial score (nSPS) is 19.2. The summed E-state index contributed by atoms with van der Waals surface area (Å²) in [4.78, 5) is 0. The van der Waals surface area contributed by atoms with E-state index in [4.69, 9.17) is 0 Å². The lowest BCUT2D eigenvalue weighted by molar-refractivity contribution is 0.573. The van der Waals surface area contributed by atoms with Gasteiger partial charge in [0.1, 0.15) is 0 Å². The Balaban J connectivity index is 2.53. The fraction of sp³-hybridized carbons (Fsp3) is 0.286. The maximum atomic E-state index is 3.94. The van der Waals surface area contributed by atoms with Crippen LogP contribution in [0.15, 0.2) is 24.3 Å². The summed E-state index contributed by atoms with van der Waals surface area (Å²) in [6.45, 7) is 8.45. The van der Waals surface area contributed by atoms with E-state index in [0.29, 0.717) is 11.8 Å². The molecule has 72 valence electrons. The molecule has 1 aliphatic carbocycles. The Morgan fingerprint density at radius 2 is 2.07 bits per heavy atom. The second-order valence-electron chi connectivity index (χ2n) is 4.31. The molecule has 0 heteroatoms. The minimum absolute atomic E-state index is 0.582. The van der Waals surface area contributed by atoms with Crippen LogP contribution in [0, 0.1) is 11.8 Å². The highest BCUT2D eigenvalue weighted by Gasteiger charge is 2.09. The minimum Gasteiger partial charge on any atom is -0.0917 e. The zero-order valence-electron chi connectivity index (χ0n) is 8.83. The molecule has 1 unspecified atom stereocenters. The number of fused-ring (bicyclic) bond motifs is 1. The summed E-state index contributed by atoms with van der Waals surface area (Å²) in [5, 5.41) is 2.43. The molecule has 0 bridgehead atoms. The van der Waals surface area contributed by atoms with E-state index >= 15 is 0 Å². The van der Waals surface area contributed by atoms with Gasteiger partial charge in [0.25, 0.3) is 0 Å². The van der Waals surface area contributed by atoms with Crippen molar-refractivity contribution in [3.63, 3.8) is 0 Å². The monoisotopic (exact) mass is 184 g/mol. The maximum absolute atomic E-state index is 3.94. The third kappa shape index (κ3) is 1.65. The quantitative estimate of drug-likeness (QED) is 0.627. The van der Waals surface area contributed by atoms with Crippen LogP contribution in [0.25, 0.3) is 18.7 Å². The van der Waals surface area contributed by atoms with Gasteiger partial charge in [-0.05, 0) is 33.9 Å². The topological polar surface area (TPSA) is 0 Å². The predicted molar refractivity (Wildman–Crippen MR) is 63.0 cm³/mol. The fourth-order valence-electron chi connectivity index (χ4n) is 1.81. The molecule has 1 aromatic rings. The molecule has 1 atom stereocenters. The first-order valence-corrected chi connectivity index (χ1v) is 5.16. The molecule has 0 radical (unpaired) electrons. The zero-order chi connectivity index (χ0) is 10.1. The van der Waals surface area contributed by atoms with Gasteiger partial charge in [0.2, 0.25) is 0 Å². The first-order chi connectivity index (χ1) is 6.66. The third-order valence-electron chi connectivity index (χ3n) is 2.79. The molecular weight excluding hydrogens is 168 g/mol. The molecule has 2 rings (SSSR count). The zero-order valence-corrected chi connectivity index (χ0v) is 8.83. The van der Waals surface area contributed by atoms with E-state index < -0.39 is 0 Å². The largest absolute Gasteiger partial charge is 0.0917 e. The maximum Gasteiger partial charge on any atom is -0.00179 e. The molecule has 0 heterocycles. The Bertz CT molecular complexity index is 463. The average molecular weight is 184 g/mol. The molecule has 0 aliphatic heterocycles. The van der Waals surface area contributed by atoms with Crippen molar-refractivity contribution >= 4 is 18.7 Å². The second kappa shape index (κ2) is 3.45. The molecule has 0 aromatic heterocycles. The molecule has 0 saturated heterocycles. The first-order valence-electron chi connectivity index (χ1n) is 5.16. The van der Waals surface area contributed by atoms with Gasteiger partial charge in [-0.15, -0.1) is 0 Å². The van der Waals surface area contributed by atoms with Crippen molar-refractivity contribution in [2.45, 2.75) is 13.8 Å². The van der Waals surface area contributed by atoms with E-state index in [1.54, 1.807) is 0 Å². The average Bonchev–Trinajstić information content (AvgIpc) is 2.16. The molecular formula is C14H16. The predicted octanol–water partition coefficient (Wildman–Crippen LogP) is 2.18. The van der Waals surface area contributed by atoms with Crippen LogP contribution in [0.5, 0.6) is 0 Å². The van der Waals surface area contributed by atoms with Gasteiger partial charge in [-0.1, -0.05) is 50.8 Å². The lowest BCUT2D eigenvalue weighted by atomic mass is 9.89. The lowest BCUT2D eigenvalue weighted by Crippen LogP contribution is -2.18. The van der Waals surface area contributed by atoms with Gasteiger partial charge in [-0.3, -0.25) is 0 Å². The fourth-order valence-corrected chi connectivity index (χ4v) is 1.81. The Kier molecular flexibility index (Phi) is 2.28. The number of hydrogen-bond donors (Lipinski definition) is 0. The van der Waals surface area contributed by atoms with Crippen LogP contribution in [0.3, 0.4) is 0 Å². The minimum atomic E-state index is 0.582. The van der Waals surface area contributed by atoms with Crippen LogP contribution in [-0.2, 0) is 0 Å². The standard InChI is InChI=1S/C14H16/c1-10(2)12-6-7-13-8-11(3)4-5-14(13)9-12/h4-10,12H,3H2,1-2H3. The Morgan fingerprint density at radius 1 is 1.29 bits per heavy atom. The van der Waals surface area contributed by atoms with E-state index in [1.807, 2.05) is 0 Å². The van der Waals surface area contributed by atoms with Gasteiger partial charge in [0.15, 0.2) is 0 Å². The summed E-state index contributed by atoms with van der Waals surface area (Å²) in [7, 11) is 0. The van der Waals surface area contributed by atoms with Gasteiger partial charge in [0.05, 0.1) is 0 Å². The molecule has 0 N–H and O–H groups in total. The van der Waals surface area contributed by atoms with Crippen LogP contribution >= 0.6 is 0 Å². The second-order valence-corrected chi connectivity index (χ2v) is 4.31. The van der Waals surface area contributed by atoms with Crippen LogP contribution in [0.2, 0.25) is 0 Å². The summed E-state index contributed by atoms with van der Waals surface area (Å²) in [5.41, 5.74) is 1.30. The first kappa shape index (κ1) is 9.26. The highest BCUT2D eigenvalue weighted by Crippen LogP contribution is 2.17. The lowest BCUT2D eigenvalue weighted by Gasteiger charge is -2.16. The summed E-state index contributed by atoms with van der Waals surface area (Å²) in [5.74, 6) is 1.26. The van der Waals surface area contributed by atoms with Crippen LogP contribution in [0.1, 0.15) is 19.4 Å². The van der Waals surface area contributed by atoms with Crippen molar-refractivity contribution < 1.29 is 0 Å². The third-order valence-corrected chi connectivity index (χ3v) is 2.79. The van der Waals surface area contributed by atoms with E-state index in [2.05, 4.69) is 56.9 Å². The summed E-state index contributed by atoms with van der Waals surface area (Å²) in [6.07, 6.45) is 6.85. The highest BCUT2D eigenvalue weighted by atomic mass is 14.1. The molecule has 0 fully saturated rings. The van der Waals surface area contributed by atoms with Gasteiger partial charge >= 0.3 is 0 Å². The van der Waals surface area contributed by atoms with Crippen LogP contribution in [-0.4, -0.2) is 0 Å². The van der Waals surface area contributed by atoms with Gasteiger partial charge in [0, 0.05) is 0 Å². The molecule has 1 aliphatic rings. The molecule has 0 saturated carbocycles. The van der Waals surface area contributed by atoms with Crippen molar-refractivity contribution in [2.75, 3.05) is 0 Å². The van der Waals surface area contributed by atoms with Crippen molar-refractivity contribution in [3.05, 3.63) is 40.3 Å². The van der Waals surface area contributed by atoms with Gasteiger partial charge in [-0.2, -0.15) is 0 Å². The molecule has 1 aromatic carbocycles. The van der Waals surface area contributed by atoms with E-state index in [-0.39, 0.29) is 0 Å². The Labute approximate surface area is 85.3 Å². The smallest absolute Gasteiger partial charge is 0.00179 e. The van der Waals surface area contributed by atoms with Gasteiger partial charge < -0.3 is 0 Å². The van der Waals surface area contributed by atoms with Crippen molar-refractivity contribution in [2.24, 2.45) is 11.8 Å². The van der Waals surface area contributed by atoms with E-state index in [9.17, 15) is 0 Å².